The lowest BCUT2D eigenvalue weighted by molar-refractivity contribution is 0.668. The van der Waals surface area contributed by atoms with E-state index in [0.717, 1.165) is 71.6 Å². The van der Waals surface area contributed by atoms with Crippen molar-refractivity contribution in [1.82, 2.24) is 24.5 Å². The minimum absolute atomic E-state index is 0.575. The van der Waals surface area contributed by atoms with Crippen LogP contribution in [-0.4, -0.2) is 24.5 Å². The molecule has 0 saturated heterocycles. The summed E-state index contributed by atoms with van der Waals surface area (Å²) in [6, 6.07) is 75.3. The van der Waals surface area contributed by atoms with Gasteiger partial charge in [0, 0.05) is 56.3 Å². The van der Waals surface area contributed by atoms with Gasteiger partial charge < -0.3 is 8.98 Å². The largest absolute Gasteiger partial charge is 0.456 e. The molecule has 0 radical (unpaired) electrons. The van der Waals surface area contributed by atoms with E-state index in [2.05, 4.69) is 204 Å². The summed E-state index contributed by atoms with van der Waals surface area (Å²) in [5.41, 5.74) is 12.3. The van der Waals surface area contributed by atoms with Gasteiger partial charge in [-0.25, -0.2) is 15.0 Å². The van der Waals surface area contributed by atoms with Gasteiger partial charge in [-0.15, -0.1) is 0 Å². The van der Waals surface area contributed by atoms with Gasteiger partial charge in [0.2, 0.25) is 0 Å². The molecule has 4 heterocycles. The third-order valence-corrected chi connectivity index (χ3v) is 13.5. The Morgan fingerprint density at radius 1 is 0.338 bits per heavy atom. The third-order valence-electron chi connectivity index (χ3n) is 13.5. The van der Waals surface area contributed by atoms with Gasteiger partial charge in [0.05, 0.1) is 11.0 Å². The first kappa shape index (κ1) is 38.1. The molecule has 0 amide bonds. The number of hydrogen-bond donors (Lipinski definition) is 0. The predicted molar refractivity (Wildman–Crippen MR) is 279 cm³/mol. The van der Waals surface area contributed by atoms with Gasteiger partial charge in [-0.1, -0.05) is 152 Å². The highest BCUT2D eigenvalue weighted by Gasteiger charge is 2.20. The number of nitrogens with zero attached hydrogens (tertiary/aromatic N) is 5. The molecule has 14 rings (SSSR count). The van der Waals surface area contributed by atoms with E-state index in [1.54, 1.807) is 6.20 Å². The van der Waals surface area contributed by atoms with Crippen molar-refractivity contribution in [2.24, 2.45) is 0 Å². The molecule has 68 heavy (non-hydrogen) atoms. The minimum atomic E-state index is 0.575. The van der Waals surface area contributed by atoms with E-state index in [1.807, 2.05) is 24.4 Å². The lowest BCUT2D eigenvalue weighted by atomic mass is 9.95. The summed E-state index contributed by atoms with van der Waals surface area (Å²) in [7, 11) is 0. The zero-order valence-electron chi connectivity index (χ0n) is 36.5. The highest BCUT2D eigenvalue weighted by atomic mass is 16.3. The molecule has 0 N–H and O–H groups in total. The molecule has 4 aromatic heterocycles. The van der Waals surface area contributed by atoms with Gasteiger partial charge >= 0.3 is 0 Å². The molecule has 0 aliphatic rings. The van der Waals surface area contributed by atoms with Gasteiger partial charge in [0.25, 0.3) is 0 Å². The summed E-state index contributed by atoms with van der Waals surface area (Å²) in [6.07, 6.45) is 3.60. The van der Waals surface area contributed by atoms with Crippen LogP contribution in [0.5, 0.6) is 0 Å². The summed E-state index contributed by atoms with van der Waals surface area (Å²) in [6.45, 7) is 0. The van der Waals surface area contributed by atoms with Crippen LogP contribution >= 0.6 is 0 Å². The molecule has 0 spiro atoms. The molecule has 0 atom stereocenters. The van der Waals surface area contributed by atoms with Crippen molar-refractivity contribution in [2.75, 3.05) is 0 Å². The Morgan fingerprint density at radius 3 is 1.78 bits per heavy atom. The average Bonchev–Trinajstić information content (AvgIpc) is 3.96. The maximum atomic E-state index is 6.18. The monoisotopic (exact) mass is 867 g/mol. The maximum absolute atomic E-state index is 6.18. The van der Waals surface area contributed by atoms with Gasteiger partial charge in [-0.2, -0.15) is 0 Å². The van der Waals surface area contributed by atoms with Crippen molar-refractivity contribution in [3.63, 3.8) is 0 Å². The number of furan rings is 1. The summed E-state index contributed by atoms with van der Waals surface area (Å²) < 4.78 is 8.59. The molecule has 6 nitrogen and oxygen atoms in total. The fourth-order valence-corrected chi connectivity index (χ4v) is 10.4. The highest BCUT2D eigenvalue weighted by Crippen LogP contribution is 2.42. The lowest BCUT2D eigenvalue weighted by Crippen LogP contribution is -2.01. The van der Waals surface area contributed by atoms with E-state index in [-0.39, 0.29) is 0 Å². The quantitative estimate of drug-likeness (QED) is 0.156. The van der Waals surface area contributed by atoms with E-state index in [9.17, 15) is 0 Å². The summed E-state index contributed by atoms with van der Waals surface area (Å²) in [5.74, 6) is 1.77. The van der Waals surface area contributed by atoms with Crippen LogP contribution in [0.25, 0.3) is 138 Å². The average molecular weight is 868 g/mol. The SMILES string of the molecule is c1ccc(-c2cc3c(c4ccccc24)c2ccccc2n3-c2ccc(-c3cccc(-c4nc(-c5ccc6oc7ccncc7c6c5)nc(-c5cc6ccccc6c6ccccc56)n4)c3)cc2)cc1. The smallest absolute Gasteiger partial charge is 0.164 e. The van der Waals surface area contributed by atoms with E-state index in [0.29, 0.717) is 17.5 Å². The summed E-state index contributed by atoms with van der Waals surface area (Å²) in [4.78, 5) is 20.2. The molecule has 0 aliphatic carbocycles. The van der Waals surface area contributed by atoms with Crippen molar-refractivity contribution in [3.8, 4) is 62.1 Å². The van der Waals surface area contributed by atoms with Crippen molar-refractivity contribution in [3.05, 3.63) is 225 Å². The molecule has 0 fully saturated rings. The molecule has 0 bridgehead atoms. The fraction of sp³-hybridized carbons (Fsp3) is 0. The van der Waals surface area contributed by atoms with Crippen LogP contribution < -0.4 is 0 Å². The highest BCUT2D eigenvalue weighted by molar-refractivity contribution is 6.24. The zero-order chi connectivity index (χ0) is 44.7. The minimum Gasteiger partial charge on any atom is -0.456 e. The standard InChI is InChI=1S/C62H37N5O/c1-2-13-39(14-3-1)51-36-56-59(49-22-9-8-21-48(49)51)50-23-10-11-24-55(50)67(56)44-28-25-38(26-29-44)40-16-12-17-42(33-40)60-64-61(43-27-30-57-52(35-43)54-37-63-32-31-58(54)68-57)66-62(65-60)53-34-41-15-4-5-18-45(41)46-19-6-7-20-47(46)53/h1-37H. The molecular formula is C62H37N5O. The Balaban J connectivity index is 0.913. The third kappa shape index (κ3) is 6.05. The van der Waals surface area contributed by atoms with Crippen LogP contribution in [0.3, 0.4) is 0 Å². The van der Waals surface area contributed by atoms with Crippen molar-refractivity contribution in [1.29, 1.82) is 0 Å². The number of hydrogen-bond acceptors (Lipinski definition) is 5. The molecule has 316 valence electrons. The van der Waals surface area contributed by atoms with E-state index < -0.39 is 0 Å². The molecule has 0 saturated carbocycles. The second-order valence-corrected chi connectivity index (χ2v) is 17.4. The topological polar surface area (TPSA) is 69.6 Å². The number of fused-ring (bicyclic) bond motifs is 11. The molecule has 0 unspecified atom stereocenters. The number of aromatic nitrogens is 5. The Labute approximate surface area is 390 Å². The van der Waals surface area contributed by atoms with Crippen LogP contribution in [0.1, 0.15) is 0 Å². The van der Waals surface area contributed by atoms with Crippen LogP contribution in [0.15, 0.2) is 229 Å². The molecule has 10 aromatic carbocycles. The van der Waals surface area contributed by atoms with Crippen LogP contribution in [0, 0.1) is 0 Å². The summed E-state index contributed by atoms with van der Waals surface area (Å²) in [5, 5.41) is 11.4. The second-order valence-electron chi connectivity index (χ2n) is 17.4. The van der Waals surface area contributed by atoms with Gasteiger partial charge in [0.15, 0.2) is 17.5 Å². The normalized spacial score (nSPS) is 11.8. The van der Waals surface area contributed by atoms with Crippen LogP contribution in [-0.2, 0) is 0 Å². The fourth-order valence-electron chi connectivity index (χ4n) is 10.4. The first-order valence-corrected chi connectivity index (χ1v) is 22.9. The predicted octanol–water partition coefficient (Wildman–Crippen LogP) is 16.1. The Hall–Kier alpha value is -9.26. The molecule has 6 heteroatoms. The second kappa shape index (κ2) is 15.2. The summed E-state index contributed by atoms with van der Waals surface area (Å²) >= 11 is 0. The van der Waals surface area contributed by atoms with Crippen LogP contribution in [0.4, 0.5) is 0 Å². The number of para-hydroxylation sites is 1. The number of pyridine rings is 1. The zero-order valence-corrected chi connectivity index (χ0v) is 36.5. The number of benzene rings is 10. The first-order valence-electron chi connectivity index (χ1n) is 22.9. The van der Waals surface area contributed by atoms with Crippen LogP contribution in [0.2, 0.25) is 0 Å². The van der Waals surface area contributed by atoms with Gasteiger partial charge in [-0.05, 0) is 115 Å². The molecule has 14 aromatic rings. The Kier molecular flexibility index (Phi) is 8.48. The number of rotatable bonds is 6. The van der Waals surface area contributed by atoms with Crippen molar-refractivity contribution < 1.29 is 4.42 Å². The van der Waals surface area contributed by atoms with E-state index in [4.69, 9.17) is 19.4 Å². The Bertz CT molecular complexity index is 4320. The lowest BCUT2D eigenvalue weighted by Gasteiger charge is -2.13. The molecular weight excluding hydrogens is 831 g/mol. The van der Waals surface area contributed by atoms with E-state index >= 15 is 0 Å². The van der Waals surface area contributed by atoms with Crippen molar-refractivity contribution in [2.45, 2.75) is 0 Å². The van der Waals surface area contributed by atoms with Gasteiger partial charge in [0.1, 0.15) is 11.2 Å². The van der Waals surface area contributed by atoms with E-state index in [1.165, 1.54) is 49.1 Å². The Morgan fingerprint density at radius 2 is 0.956 bits per heavy atom. The molecule has 0 aliphatic heterocycles. The maximum Gasteiger partial charge on any atom is 0.164 e. The first-order chi connectivity index (χ1) is 33.7. The van der Waals surface area contributed by atoms with Crippen molar-refractivity contribution >= 4 is 76.1 Å². The van der Waals surface area contributed by atoms with Gasteiger partial charge in [-0.3, -0.25) is 4.98 Å².